The van der Waals surface area contributed by atoms with Crippen LogP contribution in [0, 0.1) is 0 Å². The van der Waals surface area contributed by atoms with Crippen LogP contribution >= 0.6 is 0 Å². The number of aliphatic hydroxyl groups excluding tert-OH is 1. The first kappa shape index (κ1) is 20.9. The number of hydrogen-bond acceptors (Lipinski definition) is 3. The van der Waals surface area contributed by atoms with Crippen LogP contribution in [0.4, 0.5) is 13.2 Å². The van der Waals surface area contributed by atoms with Gasteiger partial charge in [0, 0.05) is 36.3 Å². The van der Waals surface area contributed by atoms with Gasteiger partial charge in [0.1, 0.15) is 0 Å². The minimum Gasteiger partial charge on any atom is -0.512 e. The number of nitrogens with zero attached hydrogens (tertiary/aromatic N) is 2. The van der Waals surface area contributed by atoms with Crippen LogP contribution in [-0.2, 0) is 0 Å². The van der Waals surface area contributed by atoms with E-state index in [4.69, 9.17) is 0 Å². The summed E-state index contributed by atoms with van der Waals surface area (Å²) in [6.07, 6.45) is -0.376. The van der Waals surface area contributed by atoms with Crippen molar-refractivity contribution in [1.29, 1.82) is 0 Å². The van der Waals surface area contributed by atoms with E-state index < -0.39 is 12.7 Å². The normalized spacial score (nSPS) is 23.2. The summed E-state index contributed by atoms with van der Waals surface area (Å²) in [5, 5.41) is 9.94. The molecular weight excluding hydrogens is 317 g/mol. The molecule has 0 heterocycles. The Balaban J connectivity index is 2.66. The molecule has 1 fully saturated rings. The highest BCUT2D eigenvalue weighted by Crippen LogP contribution is 2.31. The van der Waals surface area contributed by atoms with Crippen molar-refractivity contribution in [3.8, 4) is 0 Å². The van der Waals surface area contributed by atoms with Gasteiger partial charge in [-0.3, -0.25) is 4.90 Å². The van der Waals surface area contributed by atoms with Crippen LogP contribution in [0.1, 0.15) is 52.9 Å². The molecule has 6 heteroatoms. The molecule has 1 saturated carbocycles. The van der Waals surface area contributed by atoms with Crippen molar-refractivity contribution in [3.63, 3.8) is 0 Å². The summed E-state index contributed by atoms with van der Waals surface area (Å²) in [7, 11) is 1.56. The van der Waals surface area contributed by atoms with E-state index in [0.717, 1.165) is 43.5 Å². The molecular formula is C18H31F3N2O. The van der Waals surface area contributed by atoms with Gasteiger partial charge in [-0.25, -0.2) is 0 Å². The summed E-state index contributed by atoms with van der Waals surface area (Å²) in [4.78, 5) is 3.61. The van der Waals surface area contributed by atoms with Gasteiger partial charge < -0.3 is 10.0 Å². The molecule has 0 bridgehead atoms. The fraction of sp³-hybridized carbons (Fsp3) is 0.778. The summed E-state index contributed by atoms with van der Waals surface area (Å²) < 4.78 is 37.6. The van der Waals surface area contributed by atoms with Crippen LogP contribution in [0.25, 0.3) is 0 Å². The quantitative estimate of drug-likeness (QED) is 0.525. The largest absolute Gasteiger partial charge is 0.512 e. The van der Waals surface area contributed by atoms with Gasteiger partial charge in [-0.05, 0) is 46.6 Å². The smallest absolute Gasteiger partial charge is 0.401 e. The molecule has 1 N–H and O–H groups in total. The third-order valence-corrected chi connectivity index (χ3v) is 5.05. The maximum absolute atomic E-state index is 12.5. The van der Waals surface area contributed by atoms with Crippen molar-refractivity contribution < 1.29 is 18.3 Å². The van der Waals surface area contributed by atoms with Crippen LogP contribution in [0.15, 0.2) is 23.6 Å². The van der Waals surface area contributed by atoms with Gasteiger partial charge in [-0.2, -0.15) is 13.2 Å². The van der Waals surface area contributed by atoms with Crippen molar-refractivity contribution >= 4 is 0 Å². The van der Waals surface area contributed by atoms with E-state index in [0.29, 0.717) is 12.2 Å². The lowest BCUT2D eigenvalue weighted by Gasteiger charge is -2.41. The molecule has 0 unspecified atom stereocenters. The number of hydrogen-bond donors (Lipinski definition) is 1. The monoisotopic (exact) mass is 348 g/mol. The summed E-state index contributed by atoms with van der Waals surface area (Å²) in [5.41, 5.74) is 1.62. The Hall–Kier alpha value is -1.17. The van der Waals surface area contributed by atoms with Gasteiger partial charge in [0.25, 0.3) is 0 Å². The molecule has 140 valence electrons. The topological polar surface area (TPSA) is 26.7 Å². The van der Waals surface area contributed by atoms with Crippen molar-refractivity contribution in [2.24, 2.45) is 0 Å². The molecule has 1 aliphatic carbocycles. The third-order valence-electron chi connectivity index (χ3n) is 5.05. The third kappa shape index (κ3) is 5.72. The summed E-state index contributed by atoms with van der Waals surface area (Å²) in [6.45, 7) is 9.86. The van der Waals surface area contributed by atoms with E-state index in [-0.39, 0.29) is 12.1 Å². The molecule has 0 radical (unpaired) electrons. The standard InChI is InChI=1S/C18H31F3N2O/c1-6-17(24)13(3)14(4)23(7-2)16-10-8-15(9-11-16)22(5)12-18(19,20)21/h15-16,24H,4,6-12H2,1-3,5H3/b17-13+. The second kappa shape index (κ2) is 8.79. The van der Waals surface area contributed by atoms with Crippen LogP contribution in [0.3, 0.4) is 0 Å². The van der Waals surface area contributed by atoms with Gasteiger partial charge in [0.2, 0.25) is 0 Å². The second-order valence-corrected chi connectivity index (χ2v) is 6.65. The lowest BCUT2D eigenvalue weighted by atomic mass is 9.88. The second-order valence-electron chi connectivity index (χ2n) is 6.65. The number of aliphatic hydroxyl groups is 1. The number of halogens is 3. The van der Waals surface area contributed by atoms with Crippen LogP contribution in [-0.4, -0.2) is 53.3 Å². The molecule has 24 heavy (non-hydrogen) atoms. The first-order valence-electron chi connectivity index (χ1n) is 8.72. The summed E-state index contributed by atoms with van der Waals surface area (Å²) in [6, 6.07) is 0.258. The van der Waals surface area contributed by atoms with Gasteiger partial charge in [-0.15, -0.1) is 0 Å². The lowest BCUT2D eigenvalue weighted by Crippen LogP contribution is -2.45. The van der Waals surface area contributed by atoms with E-state index in [9.17, 15) is 18.3 Å². The molecule has 0 aromatic heterocycles. The molecule has 0 aliphatic heterocycles. The van der Waals surface area contributed by atoms with Crippen molar-refractivity contribution in [3.05, 3.63) is 23.6 Å². The molecule has 0 aromatic rings. The minimum absolute atomic E-state index is 0.0180. The Kier molecular flexibility index (Phi) is 7.64. The molecule has 1 rings (SSSR count). The van der Waals surface area contributed by atoms with Crippen molar-refractivity contribution in [2.75, 3.05) is 20.1 Å². The highest BCUT2D eigenvalue weighted by atomic mass is 19.4. The maximum atomic E-state index is 12.5. The number of rotatable bonds is 7. The highest BCUT2D eigenvalue weighted by Gasteiger charge is 2.34. The summed E-state index contributed by atoms with van der Waals surface area (Å²) in [5.74, 6) is 0.344. The Labute approximate surface area is 143 Å². The SMILES string of the molecule is C=C(/C(C)=C(/O)CC)N(CC)C1CCC(N(C)CC(F)(F)F)CC1. The predicted molar refractivity (Wildman–Crippen MR) is 91.9 cm³/mol. The van der Waals surface area contributed by atoms with Crippen molar-refractivity contribution in [2.45, 2.75) is 71.1 Å². The van der Waals surface area contributed by atoms with Crippen LogP contribution in [0.5, 0.6) is 0 Å². The molecule has 0 aromatic carbocycles. The first-order chi connectivity index (χ1) is 11.1. The van der Waals surface area contributed by atoms with E-state index in [1.54, 1.807) is 7.05 Å². The average molecular weight is 348 g/mol. The molecule has 0 amide bonds. The van der Waals surface area contributed by atoms with Crippen molar-refractivity contribution in [1.82, 2.24) is 9.80 Å². The van der Waals surface area contributed by atoms with Crippen LogP contribution < -0.4 is 0 Å². The van der Waals surface area contributed by atoms with E-state index in [1.807, 2.05) is 20.8 Å². The first-order valence-corrected chi connectivity index (χ1v) is 8.72. The highest BCUT2D eigenvalue weighted by molar-refractivity contribution is 5.28. The lowest BCUT2D eigenvalue weighted by molar-refractivity contribution is -0.148. The number of allylic oxidation sites excluding steroid dienone is 2. The average Bonchev–Trinajstić information content (AvgIpc) is 2.52. The van der Waals surface area contributed by atoms with E-state index in [2.05, 4.69) is 11.5 Å². The Bertz CT molecular complexity index is 452. The molecule has 0 spiro atoms. The fourth-order valence-corrected chi connectivity index (χ4v) is 3.54. The molecule has 0 saturated heterocycles. The minimum atomic E-state index is -4.14. The van der Waals surface area contributed by atoms with Gasteiger partial charge in [0.15, 0.2) is 0 Å². The van der Waals surface area contributed by atoms with Gasteiger partial charge >= 0.3 is 6.18 Å². The fourth-order valence-electron chi connectivity index (χ4n) is 3.54. The van der Waals surface area contributed by atoms with E-state index >= 15 is 0 Å². The Morgan fingerprint density at radius 2 is 1.62 bits per heavy atom. The molecule has 3 nitrogen and oxygen atoms in total. The Morgan fingerprint density at radius 1 is 1.12 bits per heavy atom. The number of alkyl halides is 3. The van der Waals surface area contributed by atoms with E-state index in [1.165, 1.54) is 4.90 Å². The Morgan fingerprint density at radius 3 is 2.04 bits per heavy atom. The van der Waals surface area contributed by atoms with Gasteiger partial charge in [-0.1, -0.05) is 13.5 Å². The zero-order valence-corrected chi connectivity index (χ0v) is 15.3. The van der Waals surface area contributed by atoms with Gasteiger partial charge in [0.05, 0.1) is 12.3 Å². The van der Waals surface area contributed by atoms with Crippen LogP contribution in [0.2, 0.25) is 0 Å². The zero-order valence-electron chi connectivity index (χ0n) is 15.3. The molecule has 1 aliphatic rings. The summed E-state index contributed by atoms with van der Waals surface area (Å²) >= 11 is 0. The zero-order chi connectivity index (χ0) is 18.5. The number of likely N-dealkylation sites (N-methyl/N-ethyl adjacent to an activating group) is 1. The maximum Gasteiger partial charge on any atom is 0.401 e. The predicted octanol–water partition coefficient (Wildman–Crippen LogP) is 4.87. The molecule has 0 atom stereocenters.